The lowest BCUT2D eigenvalue weighted by atomic mass is 9.88. The average Bonchev–Trinajstić information content (AvgIpc) is 2.08. The summed E-state index contributed by atoms with van der Waals surface area (Å²) in [6.07, 6.45) is 4.46. The third-order valence-electron chi connectivity index (χ3n) is 2.61. The molecule has 1 aromatic rings. The Labute approximate surface area is 82.0 Å². The van der Waals surface area contributed by atoms with E-state index in [0.29, 0.717) is 0 Å². The number of hydrogen-bond donors (Lipinski definition) is 0. The second-order valence-corrected chi connectivity index (χ2v) is 4.19. The van der Waals surface area contributed by atoms with Crippen LogP contribution in [0.4, 0.5) is 0 Å². The van der Waals surface area contributed by atoms with Crippen LogP contribution in [0.3, 0.4) is 0 Å². The van der Waals surface area contributed by atoms with Crippen molar-refractivity contribution in [2.45, 2.75) is 40.0 Å². The highest BCUT2D eigenvalue weighted by atomic mass is 14.1. The molecule has 0 aliphatic heterocycles. The summed E-state index contributed by atoms with van der Waals surface area (Å²) >= 11 is 0. The van der Waals surface area contributed by atoms with Crippen LogP contribution in [0.5, 0.6) is 0 Å². The fraction of sp³-hybridized carbons (Fsp3) is 0.538. The Kier molecular flexibility index (Phi) is 4.01. The van der Waals surface area contributed by atoms with Crippen LogP contribution in [0.1, 0.15) is 37.3 Å². The van der Waals surface area contributed by atoms with Gasteiger partial charge in [-0.15, -0.1) is 0 Å². The zero-order valence-electron chi connectivity index (χ0n) is 9.01. The molecular formula is C13H20. The van der Waals surface area contributed by atoms with E-state index in [1.807, 2.05) is 0 Å². The maximum Gasteiger partial charge on any atom is -0.0398 e. The van der Waals surface area contributed by atoms with Crippen molar-refractivity contribution in [1.82, 2.24) is 0 Å². The van der Waals surface area contributed by atoms with Gasteiger partial charge in [0.2, 0.25) is 0 Å². The largest absolute Gasteiger partial charge is 0.0625 e. The number of rotatable bonds is 0. The first kappa shape index (κ1) is 10.3. The van der Waals surface area contributed by atoms with E-state index in [2.05, 4.69) is 45.0 Å². The highest BCUT2D eigenvalue weighted by molar-refractivity contribution is 5.19. The van der Waals surface area contributed by atoms with Crippen LogP contribution in [0.15, 0.2) is 24.3 Å². The van der Waals surface area contributed by atoms with E-state index >= 15 is 0 Å². The minimum absolute atomic E-state index is 1.06. The summed E-state index contributed by atoms with van der Waals surface area (Å²) in [4.78, 5) is 0. The van der Waals surface area contributed by atoms with Gasteiger partial charge in [-0.25, -0.2) is 0 Å². The van der Waals surface area contributed by atoms with Crippen molar-refractivity contribution in [1.29, 1.82) is 0 Å². The summed E-state index contributed by atoms with van der Waals surface area (Å²) in [5.41, 5.74) is 2.66. The maximum absolute atomic E-state index is 2.31. The van der Waals surface area contributed by atoms with Gasteiger partial charge >= 0.3 is 0 Å². The van der Waals surface area contributed by atoms with Crippen molar-refractivity contribution in [3.8, 4) is 0 Å². The van der Waals surface area contributed by atoms with E-state index in [9.17, 15) is 0 Å². The zero-order chi connectivity index (χ0) is 9.68. The van der Waals surface area contributed by atoms with Crippen LogP contribution < -0.4 is 0 Å². The molecule has 2 rings (SSSR count). The Balaban J connectivity index is 0.000000145. The Morgan fingerprint density at radius 1 is 0.923 bits per heavy atom. The fourth-order valence-electron chi connectivity index (χ4n) is 1.25. The van der Waals surface area contributed by atoms with E-state index < -0.39 is 0 Å². The smallest absolute Gasteiger partial charge is 0.0398 e. The van der Waals surface area contributed by atoms with Crippen LogP contribution in [-0.4, -0.2) is 0 Å². The number of aryl methyl sites for hydroxylation is 2. The third kappa shape index (κ3) is 4.12. The van der Waals surface area contributed by atoms with Crippen LogP contribution in [-0.2, 0) is 0 Å². The Morgan fingerprint density at radius 2 is 1.23 bits per heavy atom. The molecule has 0 spiro atoms. The Hall–Kier alpha value is -0.780. The first-order valence-electron chi connectivity index (χ1n) is 5.22. The molecule has 0 heterocycles. The average molecular weight is 176 g/mol. The molecule has 1 saturated carbocycles. The van der Waals surface area contributed by atoms with Gasteiger partial charge in [-0.1, -0.05) is 61.6 Å². The summed E-state index contributed by atoms with van der Waals surface area (Å²) in [7, 11) is 0. The molecule has 72 valence electrons. The van der Waals surface area contributed by atoms with Crippen LogP contribution in [0.25, 0.3) is 0 Å². The van der Waals surface area contributed by atoms with Crippen LogP contribution >= 0.6 is 0 Å². The second kappa shape index (κ2) is 5.06. The highest BCUT2D eigenvalue weighted by Crippen LogP contribution is 2.24. The van der Waals surface area contributed by atoms with E-state index in [0.717, 1.165) is 5.92 Å². The van der Waals surface area contributed by atoms with Crippen LogP contribution in [0.2, 0.25) is 0 Å². The van der Waals surface area contributed by atoms with E-state index in [4.69, 9.17) is 0 Å². The summed E-state index contributed by atoms with van der Waals surface area (Å²) in [6.45, 7) is 6.50. The molecule has 1 aliphatic rings. The van der Waals surface area contributed by atoms with Crippen LogP contribution in [0, 0.1) is 19.8 Å². The normalized spacial score (nSPS) is 15.6. The summed E-state index contributed by atoms with van der Waals surface area (Å²) in [5, 5.41) is 0. The van der Waals surface area contributed by atoms with Crippen molar-refractivity contribution < 1.29 is 0 Å². The standard InChI is InChI=1S/C8H10.C5H10/c1-7-3-5-8(2)6-4-7;1-5-3-2-4-5/h3-6H,1-2H3;5H,2-4H2,1H3. The van der Waals surface area contributed by atoms with Gasteiger partial charge in [0.25, 0.3) is 0 Å². The molecule has 1 fully saturated rings. The zero-order valence-corrected chi connectivity index (χ0v) is 9.01. The van der Waals surface area contributed by atoms with Gasteiger partial charge in [0.1, 0.15) is 0 Å². The molecule has 0 unspecified atom stereocenters. The molecule has 0 amide bonds. The molecular weight excluding hydrogens is 156 g/mol. The highest BCUT2D eigenvalue weighted by Gasteiger charge is 2.09. The molecule has 0 N–H and O–H groups in total. The summed E-state index contributed by atoms with van der Waals surface area (Å²) in [5.74, 6) is 1.06. The molecule has 1 aliphatic carbocycles. The lowest BCUT2D eigenvalue weighted by Crippen LogP contribution is -2.04. The van der Waals surface area contributed by atoms with Crippen molar-refractivity contribution >= 4 is 0 Å². The first-order chi connectivity index (χ1) is 6.18. The van der Waals surface area contributed by atoms with E-state index in [1.54, 1.807) is 0 Å². The van der Waals surface area contributed by atoms with Gasteiger partial charge in [0.05, 0.1) is 0 Å². The maximum atomic E-state index is 2.31. The molecule has 0 radical (unpaired) electrons. The predicted molar refractivity (Wildman–Crippen MR) is 58.9 cm³/mol. The lowest BCUT2D eigenvalue weighted by Gasteiger charge is -2.18. The van der Waals surface area contributed by atoms with Crippen molar-refractivity contribution in [3.63, 3.8) is 0 Å². The minimum atomic E-state index is 1.06. The SMILES string of the molecule is CC1CCC1.Cc1ccc(C)cc1. The number of hydrogen-bond acceptors (Lipinski definition) is 0. The summed E-state index contributed by atoms with van der Waals surface area (Å²) < 4.78 is 0. The molecule has 13 heavy (non-hydrogen) atoms. The monoisotopic (exact) mass is 176 g/mol. The van der Waals surface area contributed by atoms with E-state index in [1.165, 1.54) is 30.4 Å². The lowest BCUT2D eigenvalue weighted by molar-refractivity contribution is 0.346. The molecule has 0 aromatic heterocycles. The van der Waals surface area contributed by atoms with Crippen molar-refractivity contribution in [2.75, 3.05) is 0 Å². The third-order valence-corrected chi connectivity index (χ3v) is 2.61. The molecule has 0 atom stereocenters. The van der Waals surface area contributed by atoms with Gasteiger partial charge in [-0.3, -0.25) is 0 Å². The van der Waals surface area contributed by atoms with Gasteiger partial charge in [0, 0.05) is 0 Å². The molecule has 1 aromatic carbocycles. The van der Waals surface area contributed by atoms with Gasteiger partial charge in [-0.05, 0) is 19.8 Å². The molecule has 0 nitrogen and oxygen atoms in total. The van der Waals surface area contributed by atoms with Gasteiger partial charge < -0.3 is 0 Å². The fourth-order valence-corrected chi connectivity index (χ4v) is 1.25. The molecule has 0 bridgehead atoms. The van der Waals surface area contributed by atoms with E-state index in [-0.39, 0.29) is 0 Å². The minimum Gasteiger partial charge on any atom is -0.0625 e. The number of benzene rings is 1. The van der Waals surface area contributed by atoms with Gasteiger partial charge in [-0.2, -0.15) is 0 Å². The van der Waals surface area contributed by atoms with Crippen molar-refractivity contribution in [3.05, 3.63) is 35.4 Å². The molecule has 0 saturated heterocycles. The first-order valence-corrected chi connectivity index (χ1v) is 5.22. The summed E-state index contributed by atoms with van der Waals surface area (Å²) in [6, 6.07) is 8.48. The van der Waals surface area contributed by atoms with Gasteiger partial charge in [0.15, 0.2) is 0 Å². The Bertz CT molecular complexity index is 208. The quantitative estimate of drug-likeness (QED) is 0.558. The molecule has 0 heteroatoms. The Morgan fingerprint density at radius 3 is 1.38 bits per heavy atom. The topological polar surface area (TPSA) is 0 Å². The van der Waals surface area contributed by atoms with Crippen molar-refractivity contribution in [2.24, 2.45) is 5.92 Å². The second-order valence-electron chi connectivity index (χ2n) is 4.19. The predicted octanol–water partition coefficient (Wildman–Crippen LogP) is 4.11.